The van der Waals surface area contributed by atoms with Crippen molar-refractivity contribution in [2.75, 3.05) is 5.32 Å². The largest absolute Gasteiger partial charge is 0.341 e. The highest BCUT2D eigenvalue weighted by Crippen LogP contribution is 2.56. The summed E-state index contributed by atoms with van der Waals surface area (Å²) in [6.45, 7) is 0. The highest BCUT2D eigenvalue weighted by Gasteiger charge is 2.71. The predicted octanol–water partition coefficient (Wildman–Crippen LogP) is 5.69. The minimum Gasteiger partial charge on any atom is -0.341 e. The lowest BCUT2D eigenvalue weighted by Gasteiger charge is -2.43. The number of benzene rings is 2. The number of amides is 2. The number of carbonyl (C=O) groups is 2. The van der Waals surface area contributed by atoms with Crippen LogP contribution in [0, 0.1) is 11.7 Å². The van der Waals surface area contributed by atoms with Gasteiger partial charge in [0.15, 0.2) is 0 Å². The van der Waals surface area contributed by atoms with Crippen LogP contribution in [-0.4, -0.2) is 23.7 Å². The van der Waals surface area contributed by atoms with Gasteiger partial charge >= 0.3 is 11.8 Å². The molecule has 2 aromatic rings. The Bertz CT molecular complexity index is 1110. The van der Waals surface area contributed by atoms with Gasteiger partial charge in [-0.1, -0.05) is 27.5 Å². The van der Waals surface area contributed by atoms with Crippen molar-refractivity contribution < 1.29 is 31.5 Å². The second-order valence-electron chi connectivity index (χ2n) is 7.47. The van der Waals surface area contributed by atoms with Crippen LogP contribution in [0.2, 0.25) is 5.02 Å². The Labute approximate surface area is 186 Å². The summed E-state index contributed by atoms with van der Waals surface area (Å²) in [6, 6.07) is 5.59. The van der Waals surface area contributed by atoms with Crippen molar-refractivity contribution in [3.63, 3.8) is 0 Å². The Morgan fingerprint density at radius 1 is 1.23 bits per heavy atom. The van der Waals surface area contributed by atoms with Crippen molar-refractivity contribution in [1.29, 1.82) is 0 Å². The van der Waals surface area contributed by atoms with Gasteiger partial charge in [0, 0.05) is 50.6 Å². The Kier molecular flexibility index (Phi) is 5.28. The smallest absolute Gasteiger partial charge is 0.313 e. The van der Waals surface area contributed by atoms with Crippen molar-refractivity contribution in [2.24, 2.45) is 5.92 Å². The number of alkyl halides is 4. The number of hydrogen-bond acceptors (Lipinski definition) is 2. The Morgan fingerprint density at radius 2 is 1.94 bits per heavy atom. The molecule has 164 valence electrons. The molecule has 2 atom stereocenters. The van der Waals surface area contributed by atoms with Crippen LogP contribution in [0.15, 0.2) is 34.8 Å². The van der Waals surface area contributed by atoms with E-state index in [0.29, 0.717) is 4.47 Å². The van der Waals surface area contributed by atoms with Crippen molar-refractivity contribution in [3.05, 3.63) is 62.3 Å². The van der Waals surface area contributed by atoms with Crippen LogP contribution in [0.1, 0.15) is 40.4 Å². The van der Waals surface area contributed by atoms with E-state index in [1.807, 2.05) is 0 Å². The second kappa shape index (κ2) is 7.44. The highest BCUT2D eigenvalue weighted by molar-refractivity contribution is 9.10. The summed E-state index contributed by atoms with van der Waals surface area (Å²) in [7, 11) is 0. The van der Waals surface area contributed by atoms with Crippen molar-refractivity contribution >= 4 is 45.0 Å². The van der Waals surface area contributed by atoms with E-state index in [1.165, 1.54) is 18.2 Å². The molecule has 0 bridgehead atoms. The first-order valence-corrected chi connectivity index (χ1v) is 10.2. The lowest BCUT2D eigenvalue weighted by atomic mass is 9.74. The summed E-state index contributed by atoms with van der Waals surface area (Å²) >= 11 is 9.37. The molecule has 0 radical (unpaired) electrons. The monoisotopic (exact) mass is 522 g/mol. The molecule has 11 heteroatoms. The molecule has 2 aliphatic rings. The molecule has 2 unspecified atom stereocenters. The lowest BCUT2D eigenvalue weighted by Crippen LogP contribution is -2.59. The minimum absolute atomic E-state index is 0.0902. The standard InChI is InChI=1S/C20H13BrClF5N2O2/c21-9-4-12-16(17(29-18(12)31)11-6-10(23)1-2-13(11)22)14(5-9)28-15(30)3-8-7-19(24,25)20(8,26)27/h1-2,4-6,8,17H,3,7H2,(H,28,30)(H,29,31). The molecule has 1 saturated carbocycles. The number of hydrogen-bond donors (Lipinski definition) is 2. The SMILES string of the molecule is O=C(CC1CC(F)(F)C1(F)F)Nc1cc(Br)cc2c1C(c1cc(F)ccc1Cl)NC2=O. The van der Waals surface area contributed by atoms with Crippen molar-refractivity contribution in [2.45, 2.75) is 30.7 Å². The van der Waals surface area contributed by atoms with E-state index in [1.54, 1.807) is 0 Å². The first-order valence-electron chi connectivity index (χ1n) is 9.05. The predicted molar refractivity (Wildman–Crippen MR) is 106 cm³/mol. The highest BCUT2D eigenvalue weighted by atomic mass is 79.9. The maximum atomic E-state index is 13.8. The first-order chi connectivity index (χ1) is 14.4. The van der Waals surface area contributed by atoms with Gasteiger partial charge in [-0.05, 0) is 30.3 Å². The van der Waals surface area contributed by atoms with Gasteiger partial charge in [-0.25, -0.2) is 4.39 Å². The van der Waals surface area contributed by atoms with Crippen molar-refractivity contribution in [1.82, 2.24) is 5.32 Å². The zero-order valence-electron chi connectivity index (χ0n) is 15.4. The average Bonchev–Trinajstić information content (AvgIpc) is 2.99. The molecule has 1 heterocycles. The molecule has 2 aromatic carbocycles. The second-order valence-corrected chi connectivity index (χ2v) is 8.79. The van der Waals surface area contributed by atoms with Crippen LogP contribution in [-0.2, 0) is 4.79 Å². The molecule has 1 fully saturated rings. The molecule has 0 spiro atoms. The molecule has 0 saturated heterocycles. The Hall–Kier alpha value is -2.20. The van der Waals surface area contributed by atoms with Gasteiger partial charge < -0.3 is 10.6 Å². The molecular weight excluding hydrogens is 511 g/mol. The van der Waals surface area contributed by atoms with E-state index in [-0.39, 0.29) is 27.4 Å². The number of carbonyl (C=O) groups excluding carboxylic acids is 2. The third-order valence-corrected chi connectivity index (χ3v) is 6.23. The lowest BCUT2D eigenvalue weighted by molar-refractivity contribution is -0.313. The molecule has 1 aliphatic heterocycles. The molecule has 2 N–H and O–H groups in total. The van der Waals surface area contributed by atoms with Crippen LogP contribution in [0.5, 0.6) is 0 Å². The number of anilines is 1. The summed E-state index contributed by atoms with van der Waals surface area (Å²) in [4.78, 5) is 24.8. The summed E-state index contributed by atoms with van der Waals surface area (Å²) in [6.07, 6.45) is -1.91. The molecular formula is C20H13BrClF5N2O2. The maximum absolute atomic E-state index is 13.8. The van der Waals surface area contributed by atoms with Crippen LogP contribution < -0.4 is 10.6 Å². The Balaban J connectivity index is 1.66. The fraction of sp³-hybridized carbons (Fsp3) is 0.300. The first kappa shape index (κ1) is 22.0. The third-order valence-electron chi connectivity index (χ3n) is 5.43. The molecule has 2 amide bonds. The fourth-order valence-electron chi connectivity index (χ4n) is 3.84. The van der Waals surface area contributed by atoms with Gasteiger partial charge in [-0.15, -0.1) is 0 Å². The molecule has 4 rings (SSSR count). The van der Waals surface area contributed by atoms with E-state index in [9.17, 15) is 31.5 Å². The van der Waals surface area contributed by atoms with Crippen LogP contribution >= 0.6 is 27.5 Å². The van der Waals surface area contributed by atoms with Crippen LogP contribution in [0.25, 0.3) is 0 Å². The van der Waals surface area contributed by atoms with Gasteiger partial charge in [0.2, 0.25) is 5.91 Å². The van der Waals surface area contributed by atoms with E-state index < -0.39 is 54.3 Å². The summed E-state index contributed by atoms with van der Waals surface area (Å²) < 4.78 is 67.4. The van der Waals surface area contributed by atoms with E-state index >= 15 is 0 Å². The zero-order valence-corrected chi connectivity index (χ0v) is 17.8. The maximum Gasteiger partial charge on any atom is 0.313 e. The Morgan fingerprint density at radius 3 is 2.58 bits per heavy atom. The van der Waals surface area contributed by atoms with Crippen molar-refractivity contribution in [3.8, 4) is 0 Å². The third kappa shape index (κ3) is 3.69. The van der Waals surface area contributed by atoms with E-state index in [4.69, 9.17) is 11.6 Å². The number of rotatable bonds is 4. The van der Waals surface area contributed by atoms with Crippen LogP contribution in [0.3, 0.4) is 0 Å². The number of fused-ring (bicyclic) bond motifs is 1. The number of nitrogens with one attached hydrogen (secondary N) is 2. The summed E-state index contributed by atoms with van der Waals surface area (Å²) in [5, 5.41) is 5.24. The van der Waals surface area contributed by atoms with Gasteiger partial charge in [-0.2, -0.15) is 17.6 Å². The average molecular weight is 524 g/mol. The van der Waals surface area contributed by atoms with Gasteiger partial charge in [-0.3, -0.25) is 9.59 Å². The minimum atomic E-state index is -4.27. The molecule has 0 aromatic heterocycles. The van der Waals surface area contributed by atoms with E-state index in [2.05, 4.69) is 26.6 Å². The molecule has 31 heavy (non-hydrogen) atoms. The zero-order chi connectivity index (χ0) is 22.7. The van der Waals surface area contributed by atoms with Crippen LogP contribution in [0.4, 0.5) is 27.6 Å². The quantitative estimate of drug-likeness (QED) is 0.506. The summed E-state index contributed by atoms with van der Waals surface area (Å²) in [5.74, 6) is -12.2. The van der Waals surface area contributed by atoms with Gasteiger partial charge in [0.1, 0.15) is 5.82 Å². The normalized spacial score (nSPS) is 23.0. The molecule has 1 aliphatic carbocycles. The fourth-order valence-corrected chi connectivity index (χ4v) is 4.52. The van der Waals surface area contributed by atoms with Gasteiger partial charge in [0.25, 0.3) is 5.91 Å². The van der Waals surface area contributed by atoms with E-state index in [0.717, 1.165) is 12.1 Å². The molecule has 4 nitrogen and oxygen atoms in total. The van der Waals surface area contributed by atoms with Gasteiger partial charge in [0.05, 0.1) is 6.04 Å². The number of halogens is 7. The summed E-state index contributed by atoms with van der Waals surface area (Å²) in [5.41, 5.74) is 0.750. The topological polar surface area (TPSA) is 58.2 Å².